The number of carbonyl (C=O) groups excluding carboxylic acids is 2. The first kappa shape index (κ1) is 20.7. The van der Waals surface area contributed by atoms with Gasteiger partial charge in [0.1, 0.15) is 6.04 Å². The van der Waals surface area contributed by atoms with Crippen LogP contribution >= 0.6 is 34.8 Å². The summed E-state index contributed by atoms with van der Waals surface area (Å²) in [5, 5.41) is 1.51. The number of para-hydroxylation sites is 2. The summed E-state index contributed by atoms with van der Waals surface area (Å²) in [7, 11) is 0. The molecule has 4 nitrogen and oxygen atoms in total. The highest BCUT2D eigenvalue weighted by Gasteiger charge is 2.39. The van der Waals surface area contributed by atoms with E-state index in [2.05, 4.69) is 0 Å². The second-order valence-electron chi connectivity index (χ2n) is 6.97. The average Bonchev–Trinajstić information content (AvgIpc) is 2.74. The zero-order valence-electron chi connectivity index (χ0n) is 16.0. The van der Waals surface area contributed by atoms with Crippen molar-refractivity contribution < 1.29 is 9.59 Å². The van der Waals surface area contributed by atoms with Gasteiger partial charge in [0.05, 0.1) is 17.9 Å². The molecular weight excluding hydrogens is 443 g/mol. The Balaban J connectivity index is 1.77. The lowest BCUT2D eigenvalue weighted by Crippen LogP contribution is -2.54. The maximum atomic E-state index is 13.3. The van der Waals surface area contributed by atoms with Gasteiger partial charge < -0.3 is 4.90 Å². The smallest absolute Gasteiger partial charge is 0.259 e. The number of benzene rings is 3. The fourth-order valence-electron chi connectivity index (χ4n) is 3.58. The molecule has 30 heavy (non-hydrogen) atoms. The van der Waals surface area contributed by atoms with Crippen molar-refractivity contribution in [1.29, 1.82) is 0 Å². The van der Waals surface area contributed by atoms with Crippen LogP contribution in [-0.2, 0) is 11.3 Å². The molecule has 0 fully saturated rings. The van der Waals surface area contributed by atoms with Crippen molar-refractivity contribution in [3.63, 3.8) is 0 Å². The molecular formula is C23H17Cl3N2O2. The number of anilines is 2. The van der Waals surface area contributed by atoms with Crippen LogP contribution in [0.15, 0.2) is 66.7 Å². The summed E-state index contributed by atoms with van der Waals surface area (Å²) in [6.07, 6.45) is 0. The summed E-state index contributed by atoms with van der Waals surface area (Å²) < 4.78 is 0. The van der Waals surface area contributed by atoms with Gasteiger partial charge in [0, 0.05) is 26.2 Å². The van der Waals surface area contributed by atoms with Crippen molar-refractivity contribution in [1.82, 2.24) is 0 Å². The van der Waals surface area contributed by atoms with Crippen LogP contribution in [0.4, 0.5) is 11.4 Å². The molecule has 0 spiro atoms. The van der Waals surface area contributed by atoms with E-state index >= 15 is 0 Å². The molecule has 0 radical (unpaired) electrons. The van der Waals surface area contributed by atoms with E-state index in [9.17, 15) is 9.59 Å². The van der Waals surface area contributed by atoms with Gasteiger partial charge in [-0.15, -0.1) is 0 Å². The average molecular weight is 460 g/mol. The second-order valence-corrected chi connectivity index (χ2v) is 8.22. The largest absolute Gasteiger partial charge is 0.304 e. The molecule has 0 N–H and O–H groups in total. The van der Waals surface area contributed by atoms with Crippen molar-refractivity contribution in [2.24, 2.45) is 0 Å². The van der Waals surface area contributed by atoms with Crippen molar-refractivity contribution in [3.05, 3.63) is 92.9 Å². The highest BCUT2D eigenvalue weighted by atomic mass is 35.5. The minimum absolute atomic E-state index is 0.210. The van der Waals surface area contributed by atoms with E-state index in [1.165, 1.54) is 4.90 Å². The van der Waals surface area contributed by atoms with Crippen molar-refractivity contribution in [3.8, 4) is 0 Å². The van der Waals surface area contributed by atoms with Crippen LogP contribution in [0, 0.1) is 0 Å². The topological polar surface area (TPSA) is 40.6 Å². The number of halogens is 3. The maximum Gasteiger partial charge on any atom is 0.259 e. The third-order valence-electron chi connectivity index (χ3n) is 5.13. The Morgan fingerprint density at radius 1 is 0.867 bits per heavy atom. The van der Waals surface area contributed by atoms with Crippen LogP contribution < -0.4 is 9.80 Å². The van der Waals surface area contributed by atoms with Crippen LogP contribution in [0.3, 0.4) is 0 Å². The first-order chi connectivity index (χ1) is 14.4. The van der Waals surface area contributed by atoms with Crippen LogP contribution in [0.1, 0.15) is 22.8 Å². The van der Waals surface area contributed by atoms with E-state index in [0.717, 1.165) is 0 Å². The molecule has 1 aliphatic heterocycles. The molecule has 1 aliphatic rings. The fraction of sp³-hybridized carbons (Fsp3) is 0.130. The Morgan fingerprint density at radius 3 is 2.10 bits per heavy atom. The molecule has 1 unspecified atom stereocenters. The van der Waals surface area contributed by atoms with Gasteiger partial charge in [0.2, 0.25) is 5.91 Å². The number of hydrogen-bond acceptors (Lipinski definition) is 2. The number of fused-ring (bicyclic) bond motifs is 1. The molecule has 0 saturated heterocycles. The summed E-state index contributed by atoms with van der Waals surface area (Å²) in [6, 6.07) is 18.5. The van der Waals surface area contributed by atoms with Crippen LogP contribution in [0.5, 0.6) is 0 Å². The zero-order chi connectivity index (χ0) is 21.4. The molecule has 152 valence electrons. The first-order valence-corrected chi connectivity index (χ1v) is 10.4. The monoisotopic (exact) mass is 458 g/mol. The summed E-state index contributed by atoms with van der Waals surface area (Å²) >= 11 is 18.6. The van der Waals surface area contributed by atoms with E-state index in [4.69, 9.17) is 34.8 Å². The lowest BCUT2D eigenvalue weighted by molar-refractivity contribution is -0.119. The van der Waals surface area contributed by atoms with E-state index in [0.29, 0.717) is 37.6 Å². The van der Waals surface area contributed by atoms with Crippen molar-refractivity contribution in [2.75, 3.05) is 9.80 Å². The minimum Gasteiger partial charge on any atom is -0.304 e. The predicted octanol–water partition coefficient (Wildman–Crippen LogP) is 6.23. The number of rotatable bonds is 3. The van der Waals surface area contributed by atoms with Gasteiger partial charge in [-0.05, 0) is 55.5 Å². The number of carbonyl (C=O) groups is 2. The van der Waals surface area contributed by atoms with Crippen LogP contribution in [0.25, 0.3) is 0 Å². The molecule has 4 rings (SSSR count). The Hall–Kier alpha value is -2.53. The first-order valence-electron chi connectivity index (χ1n) is 9.31. The lowest BCUT2D eigenvalue weighted by atomic mass is 10.0. The summed E-state index contributed by atoms with van der Waals surface area (Å²) in [6.45, 7) is 1.93. The Bertz CT molecular complexity index is 1110. The highest BCUT2D eigenvalue weighted by Crippen LogP contribution is 2.39. The summed E-state index contributed by atoms with van der Waals surface area (Å²) in [5.41, 5.74) is 2.39. The van der Waals surface area contributed by atoms with Gasteiger partial charge in [-0.3, -0.25) is 14.5 Å². The SMILES string of the molecule is CC1C(=O)N(Cc2c(Cl)cccc2Cl)c2ccccc2N1C(=O)c1ccc(Cl)cc1. The maximum absolute atomic E-state index is 13.3. The van der Waals surface area contributed by atoms with Gasteiger partial charge >= 0.3 is 0 Å². The van der Waals surface area contributed by atoms with Crippen molar-refractivity contribution in [2.45, 2.75) is 19.5 Å². The van der Waals surface area contributed by atoms with Crippen LogP contribution in [0.2, 0.25) is 15.1 Å². The Morgan fingerprint density at radius 2 is 1.47 bits per heavy atom. The summed E-state index contributed by atoms with van der Waals surface area (Å²) in [4.78, 5) is 29.8. The number of amides is 2. The third-order valence-corrected chi connectivity index (χ3v) is 6.09. The van der Waals surface area contributed by atoms with E-state index in [1.54, 1.807) is 54.3 Å². The van der Waals surface area contributed by atoms with E-state index in [1.807, 2.05) is 24.3 Å². The molecule has 7 heteroatoms. The van der Waals surface area contributed by atoms with Crippen molar-refractivity contribution >= 4 is 58.0 Å². The normalized spacial score (nSPS) is 15.9. The molecule has 0 bridgehead atoms. The summed E-state index contributed by atoms with van der Waals surface area (Å²) in [5.74, 6) is -0.484. The van der Waals surface area contributed by atoms with Gasteiger partial charge in [0.15, 0.2) is 0 Å². The molecule has 0 saturated carbocycles. The third kappa shape index (κ3) is 3.67. The zero-order valence-corrected chi connectivity index (χ0v) is 18.2. The molecule has 3 aromatic rings. The molecule has 1 heterocycles. The van der Waals surface area contributed by atoms with E-state index < -0.39 is 6.04 Å². The standard InChI is InChI=1S/C23H17Cl3N2O2/c1-14-22(29)27(13-17-18(25)5-4-6-19(17)26)20-7-2-3-8-21(20)28(14)23(30)15-9-11-16(24)12-10-15/h2-12,14H,13H2,1H3. The Labute approximate surface area is 189 Å². The van der Waals surface area contributed by atoms with Crippen LogP contribution in [-0.4, -0.2) is 17.9 Å². The fourth-order valence-corrected chi connectivity index (χ4v) is 4.22. The second kappa shape index (κ2) is 8.31. The quantitative estimate of drug-likeness (QED) is 0.466. The van der Waals surface area contributed by atoms with Gasteiger partial charge in [-0.25, -0.2) is 0 Å². The van der Waals surface area contributed by atoms with Gasteiger partial charge in [-0.2, -0.15) is 0 Å². The minimum atomic E-state index is -0.704. The molecule has 0 aromatic heterocycles. The number of nitrogens with zero attached hydrogens (tertiary/aromatic N) is 2. The number of hydrogen-bond donors (Lipinski definition) is 0. The van der Waals surface area contributed by atoms with Gasteiger partial charge in [0.25, 0.3) is 5.91 Å². The molecule has 1 atom stereocenters. The lowest BCUT2D eigenvalue weighted by Gasteiger charge is -2.40. The van der Waals surface area contributed by atoms with E-state index in [-0.39, 0.29) is 18.4 Å². The molecule has 0 aliphatic carbocycles. The molecule has 3 aromatic carbocycles. The van der Waals surface area contributed by atoms with Gasteiger partial charge in [-0.1, -0.05) is 53.0 Å². The highest BCUT2D eigenvalue weighted by molar-refractivity contribution is 6.36. The Kier molecular flexibility index (Phi) is 5.74. The molecule has 2 amide bonds. The predicted molar refractivity (Wildman–Crippen MR) is 122 cm³/mol.